The first-order valence-electron chi connectivity index (χ1n) is 15.6. The van der Waals surface area contributed by atoms with Crippen LogP contribution >= 0.6 is 0 Å². The first kappa shape index (κ1) is 27.8. The molecule has 8 aromatic rings. The molecule has 0 aliphatic rings. The zero-order valence-corrected chi connectivity index (χ0v) is 26.0. The minimum Gasteiger partial charge on any atom is -0.455 e. The predicted molar refractivity (Wildman–Crippen MR) is 190 cm³/mol. The van der Waals surface area contributed by atoms with Gasteiger partial charge in [-0.3, -0.25) is 4.99 Å². The zero-order valence-electron chi connectivity index (χ0n) is 26.0. The van der Waals surface area contributed by atoms with Crippen molar-refractivity contribution in [2.45, 2.75) is 26.2 Å². The normalized spacial score (nSPS) is 12.2. The van der Waals surface area contributed by atoms with Gasteiger partial charge in [-0.1, -0.05) is 118 Å². The number of nitrogens with zero attached hydrogens (tertiary/aromatic N) is 2. The topological polar surface area (TPSA) is 51.5 Å². The number of furan rings is 1. The van der Waals surface area contributed by atoms with Gasteiger partial charge in [-0.05, 0) is 64.1 Å². The van der Waals surface area contributed by atoms with Crippen molar-refractivity contribution in [3.05, 3.63) is 145 Å². The van der Waals surface area contributed by atoms with Crippen molar-refractivity contribution in [1.29, 1.82) is 0 Å². The van der Waals surface area contributed by atoms with Gasteiger partial charge in [-0.15, -0.1) is 0 Å². The maximum absolute atomic E-state index is 6.59. The fourth-order valence-corrected chi connectivity index (χ4v) is 6.18. The number of oxazole rings is 1. The van der Waals surface area contributed by atoms with Crippen LogP contribution in [0.3, 0.4) is 0 Å². The van der Waals surface area contributed by atoms with E-state index in [2.05, 4.69) is 99.6 Å². The van der Waals surface area contributed by atoms with Crippen LogP contribution in [-0.4, -0.2) is 11.2 Å². The van der Waals surface area contributed by atoms with Crippen LogP contribution in [-0.2, 0) is 5.41 Å². The number of rotatable bonds is 5. The molecule has 0 amide bonds. The van der Waals surface area contributed by atoms with Crippen LogP contribution in [0.2, 0.25) is 0 Å². The summed E-state index contributed by atoms with van der Waals surface area (Å²) < 4.78 is 13.0. The van der Waals surface area contributed by atoms with E-state index in [4.69, 9.17) is 18.8 Å². The average Bonchev–Trinajstić information content (AvgIpc) is 3.70. The molecule has 0 fully saturated rings. The van der Waals surface area contributed by atoms with E-state index in [1.54, 1.807) is 0 Å². The molecule has 6 aromatic carbocycles. The Hall–Kier alpha value is -5.74. The average molecular weight is 597 g/mol. The molecule has 0 saturated heterocycles. The molecule has 46 heavy (non-hydrogen) atoms. The first-order valence-corrected chi connectivity index (χ1v) is 15.6. The second-order valence-electron chi connectivity index (χ2n) is 12.7. The molecule has 4 heteroatoms. The lowest BCUT2D eigenvalue weighted by atomic mass is 9.86. The number of benzene rings is 6. The van der Waals surface area contributed by atoms with Gasteiger partial charge < -0.3 is 8.83 Å². The summed E-state index contributed by atoms with van der Waals surface area (Å²) in [6.45, 7) is 6.66. The predicted octanol–water partition coefficient (Wildman–Crippen LogP) is 11.8. The van der Waals surface area contributed by atoms with E-state index in [0.717, 1.165) is 66.5 Å². The molecular weight excluding hydrogens is 564 g/mol. The second kappa shape index (κ2) is 11.0. The molecule has 0 aliphatic heterocycles. The Morgan fingerprint density at radius 3 is 2.20 bits per heavy atom. The Morgan fingerprint density at radius 2 is 1.33 bits per heavy atom. The van der Waals surface area contributed by atoms with Gasteiger partial charge in [-0.25, -0.2) is 4.98 Å². The van der Waals surface area contributed by atoms with Crippen molar-refractivity contribution in [3.8, 4) is 33.7 Å². The number of aliphatic imine (C=N–C) groups is 1. The Labute approximate surface area is 267 Å². The van der Waals surface area contributed by atoms with E-state index >= 15 is 0 Å². The summed E-state index contributed by atoms with van der Waals surface area (Å²) in [7, 11) is 0. The van der Waals surface area contributed by atoms with Gasteiger partial charge in [0.25, 0.3) is 0 Å². The Kier molecular flexibility index (Phi) is 6.65. The van der Waals surface area contributed by atoms with Crippen molar-refractivity contribution < 1.29 is 8.83 Å². The quantitative estimate of drug-likeness (QED) is 0.186. The van der Waals surface area contributed by atoms with Gasteiger partial charge >= 0.3 is 0 Å². The van der Waals surface area contributed by atoms with E-state index in [9.17, 15) is 0 Å². The Bertz CT molecular complexity index is 2410. The standard InChI is InChI=1S/C42H32N2O2/c1-42(2,3)29-16-11-13-27(25-29)26-43-35-20-9-7-17-33(35)41-44-39-31(19-12-22-37(39)46-41)32-24-23-30(28-14-5-4-6-15-28)38-34-18-8-10-21-36(34)45-40(32)38/h4-26H,1-3H3. The van der Waals surface area contributed by atoms with E-state index in [1.807, 2.05) is 60.8 Å². The molecule has 0 aliphatic carbocycles. The van der Waals surface area contributed by atoms with Crippen molar-refractivity contribution >= 4 is 44.9 Å². The molecule has 222 valence electrons. The van der Waals surface area contributed by atoms with Crippen LogP contribution in [0.25, 0.3) is 66.7 Å². The molecular formula is C42H32N2O2. The summed E-state index contributed by atoms with van der Waals surface area (Å²) in [5, 5.41) is 2.18. The summed E-state index contributed by atoms with van der Waals surface area (Å²) in [6, 6.07) is 45.6. The van der Waals surface area contributed by atoms with Crippen LogP contribution < -0.4 is 0 Å². The van der Waals surface area contributed by atoms with Gasteiger partial charge in [-0.2, -0.15) is 0 Å². The van der Waals surface area contributed by atoms with Crippen molar-refractivity contribution in [1.82, 2.24) is 4.98 Å². The molecule has 2 heterocycles. The lowest BCUT2D eigenvalue weighted by molar-refractivity contribution is 0.590. The largest absolute Gasteiger partial charge is 0.455 e. The molecule has 0 spiro atoms. The second-order valence-corrected chi connectivity index (χ2v) is 12.7. The number of hydrogen-bond acceptors (Lipinski definition) is 4. The third kappa shape index (κ3) is 4.89. The molecule has 8 rings (SSSR count). The first-order chi connectivity index (χ1) is 22.4. The van der Waals surface area contributed by atoms with Gasteiger partial charge in [0.2, 0.25) is 5.89 Å². The maximum atomic E-state index is 6.59. The number of hydrogen-bond donors (Lipinski definition) is 0. The summed E-state index contributed by atoms with van der Waals surface area (Å²) in [5.41, 5.74) is 11.4. The molecule has 0 N–H and O–H groups in total. The fourth-order valence-electron chi connectivity index (χ4n) is 6.18. The smallest absolute Gasteiger partial charge is 0.229 e. The van der Waals surface area contributed by atoms with E-state index < -0.39 is 0 Å². The Balaban J connectivity index is 1.25. The van der Waals surface area contributed by atoms with Crippen LogP contribution in [0.15, 0.2) is 147 Å². The monoisotopic (exact) mass is 596 g/mol. The highest BCUT2D eigenvalue weighted by atomic mass is 16.3. The lowest BCUT2D eigenvalue weighted by Gasteiger charge is -2.19. The third-order valence-corrected chi connectivity index (χ3v) is 8.56. The highest BCUT2D eigenvalue weighted by Gasteiger charge is 2.21. The molecule has 4 nitrogen and oxygen atoms in total. The van der Waals surface area contributed by atoms with Crippen LogP contribution in [0, 0.1) is 0 Å². The molecule has 0 bridgehead atoms. The number of para-hydroxylation sites is 3. The zero-order chi connectivity index (χ0) is 31.3. The van der Waals surface area contributed by atoms with Crippen molar-refractivity contribution in [2.24, 2.45) is 4.99 Å². The molecule has 0 saturated carbocycles. The summed E-state index contributed by atoms with van der Waals surface area (Å²) in [6.07, 6.45) is 1.91. The summed E-state index contributed by atoms with van der Waals surface area (Å²) >= 11 is 0. The molecule has 0 unspecified atom stereocenters. The molecule has 2 aromatic heterocycles. The van der Waals surface area contributed by atoms with Crippen molar-refractivity contribution in [3.63, 3.8) is 0 Å². The van der Waals surface area contributed by atoms with Gasteiger partial charge in [0.1, 0.15) is 16.7 Å². The summed E-state index contributed by atoms with van der Waals surface area (Å²) in [5.74, 6) is 0.528. The lowest BCUT2D eigenvalue weighted by Crippen LogP contribution is -2.11. The SMILES string of the molecule is CC(C)(C)c1cccc(C=Nc2ccccc2-c2nc3c(-c4ccc(-c5ccccc5)c5c4oc4ccccc45)cccc3o2)c1. The minimum absolute atomic E-state index is 0.0630. The third-order valence-electron chi connectivity index (χ3n) is 8.56. The fraction of sp³-hybridized carbons (Fsp3) is 0.0952. The summed E-state index contributed by atoms with van der Waals surface area (Å²) in [4.78, 5) is 9.97. The van der Waals surface area contributed by atoms with E-state index in [1.165, 1.54) is 5.56 Å². The van der Waals surface area contributed by atoms with Gasteiger partial charge in [0.15, 0.2) is 5.58 Å². The van der Waals surface area contributed by atoms with E-state index in [0.29, 0.717) is 11.5 Å². The highest BCUT2D eigenvalue weighted by molar-refractivity contribution is 6.17. The number of fused-ring (bicyclic) bond motifs is 4. The number of aromatic nitrogens is 1. The van der Waals surface area contributed by atoms with Gasteiger partial charge in [0.05, 0.1) is 11.3 Å². The van der Waals surface area contributed by atoms with E-state index in [-0.39, 0.29) is 5.41 Å². The van der Waals surface area contributed by atoms with Crippen molar-refractivity contribution in [2.75, 3.05) is 0 Å². The highest BCUT2D eigenvalue weighted by Crippen LogP contribution is 2.43. The maximum Gasteiger partial charge on any atom is 0.229 e. The van der Waals surface area contributed by atoms with Crippen LogP contribution in [0.1, 0.15) is 31.9 Å². The van der Waals surface area contributed by atoms with Crippen LogP contribution in [0.5, 0.6) is 0 Å². The molecule has 0 radical (unpaired) electrons. The molecule has 0 atom stereocenters. The minimum atomic E-state index is 0.0630. The Morgan fingerprint density at radius 1 is 0.609 bits per heavy atom. The van der Waals surface area contributed by atoms with Crippen LogP contribution in [0.4, 0.5) is 5.69 Å². The van der Waals surface area contributed by atoms with Gasteiger partial charge in [0, 0.05) is 28.1 Å².